The molecular formula is C18H28N2O. The summed E-state index contributed by atoms with van der Waals surface area (Å²) in [5, 5.41) is 6.43. The number of rotatable bonds is 5. The maximum absolute atomic E-state index is 11.9. The maximum Gasteiger partial charge on any atom is 0.251 e. The lowest BCUT2D eigenvalue weighted by molar-refractivity contribution is 0.0943. The molecule has 0 unspecified atom stereocenters. The molecule has 116 valence electrons. The normalized spacial score (nSPS) is 16.5. The van der Waals surface area contributed by atoms with E-state index in [2.05, 4.69) is 10.6 Å². The summed E-state index contributed by atoms with van der Waals surface area (Å²) in [6.07, 6.45) is 8.25. The Kier molecular flexibility index (Phi) is 6.09. The lowest BCUT2D eigenvalue weighted by atomic mass is 10.0. The lowest BCUT2D eigenvalue weighted by Gasteiger charge is -2.16. The monoisotopic (exact) mass is 288 g/mol. The van der Waals surface area contributed by atoms with Crippen LogP contribution < -0.4 is 10.6 Å². The predicted molar refractivity (Wildman–Crippen MR) is 88.7 cm³/mol. The Labute approximate surface area is 128 Å². The van der Waals surface area contributed by atoms with Crippen molar-refractivity contribution in [1.82, 2.24) is 5.32 Å². The van der Waals surface area contributed by atoms with Gasteiger partial charge >= 0.3 is 0 Å². The van der Waals surface area contributed by atoms with Gasteiger partial charge in [-0.2, -0.15) is 0 Å². The SMILES string of the molecule is CC(C)NC(=O)c1ccc(NCC2CCCCCC2)cc1. The van der Waals surface area contributed by atoms with Crippen LogP contribution >= 0.6 is 0 Å². The Hall–Kier alpha value is -1.51. The third-order valence-electron chi connectivity index (χ3n) is 4.14. The Morgan fingerprint density at radius 3 is 2.29 bits per heavy atom. The first-order valence-corrected chi connectivity index (χ1v) is 8.30. The van der Waals surface area contributed by atoms with E-state index >= 15 is 0 Å². The third-order valence-corrected chi connectivity index (χ3v) is 4.14. The van der Waals surface area contributed by atoms with Crippen molar-refractivity contribution in [2.75, 3.05) is 11.9 Å². The Morgan fingerprint density at radius 1 is 1.10 bits per heavy atom. The second kappa shape index (κ2) is 8.06. The number of benzene rings is 1. The number of hydrogen-bond acceptors (Lipinski definition) is 2. The summed E-state index contributed by atoms with van der Waals surface area (Å²) in [7, 11) is 0. The van der Waals surface area contributed by atoms with Crippen molar-refractivity contribution in [3.63, 3.8) is 0 Å². The van der Waals surface area contributed by atoms with Crippen LogP contribution in [0.25, 0.3) is 0 Å². The number of carbonyl (C=O) groups excluding carboxylic acids is 1. The molecule has 1 aliphatic rings. The van der Waals surface area contributed by atoms with Crippen LogP contribution in [0.2, 0.25) is 0 Å². The molecule has 0 radical (unpaired) electrons. The van der Waals surface area contributed by atoms with Gasteiger partial charge in [-0.05, 0) is 56.9 Å². The van der Waals surface area contributed by atoms with Gasteiger partial charge in [-0.25, -0.2) is 0 Å². The Bertz CT molecular complexity index is 431. The van der Waals surface area contributed by atoms with Gasteiger partial charge < -0.3 is 10.6 Å². The second-order valence-electron chi connectivity index (χ2n) is 6.44. The van der Waals surface area contributed by atoms with E-state index < -0.39 is 0 Å². The molecule has 1 aliphatic carbocycles. The van der Waals surface area contributed by atoms with E-state index in [4.69, 9.17) is 0 Å². The van der Waals surface area contributed by atoms with Gasteiger partial charge in [0.15, 0.2) is 0 Å². The highest BCUT2D eigenvalue weighted by atomic mass is 16.1. The van der Waals surface area contributed by atoms with Gasteiger partial charge in [0.25, 0.3) is 5.91 Å². The van der Waals surface area contributed by atoms with Crippen molar-refractivity contribution in [2.24, 2.45) is 5.92 Å². The summed E-state index contributed by atoms with van der Waals surface area (Å²) in [5.74, 6) is 0.803. The number of carbonyl (C=O) groups is 1. The first-order chi connectivity index (χ1) is 10.1. The summed E-state index contributed by atoms with van der Waals surface area (Å²) in [4.78, 5) is 11.9. The molecule has 0 atom stereocenters. The molecule has 21 heavy (non-hydrogen) atoms. The van der Waals surface area contributed by atoms with E-state index in [1.54, 1.807) is 0 Å². The standard InChI is InChI=1S/C18H28N2O/c1-14(2)20-18(21)16-9-11-17(12-10-16)19-13-15-7-5-3-4-6-8-15/h9-12,14-15,19H,3-8,13H2,1-2H3,(H,20,21). The Morgan fingerprint density at radius 2 is 1.71 bits per heavy atom. The molecule has 1 saturated carbocycles. The van der Waals surface area contributed by atoms with Crippen molar-refractivity contribution < 1.29 is 4.79 Å². The number of amides is 1. The molecule has 2 N–H and O–H groups in total. The molecule has 1 amide bonds. The molecular weight excluding hydrogens is 260 g/mol. The van der Waals surface area contributed by atoms with E-state index in [1.165, 1.54) is 38.5 Å². The van der Waals surface area contributed by atoms with Crippen LogP contribution in [-0.2, 0) is 0 Å². The van der Waals surface area contributed by atoms with Crippen molar-refractivity contribution in [2.45, 2.75) is 58.4 Å². The molecule has 0 saturated heterocycles. The predicted octanol–water partition coefficient (Wildman–Crippen LogP) is 4.21. The molecule has 0 heterocycles. The van der Waals surface area contributed by atoms with Gasteiger partial charge in [0, 0.05) is 23.8 Å². The molecule has 3 heteroatoms. The van der Waals surface area contributed by atoms with Gasteiger partial charge in [-0.15, -0.1) is 0 Å². The highest BCUT2D eigenvalue weighted by Crippen LogP contribution is 2.23. The van der Waals surface area contributed by atoms with Gasteiger partial charge in [-0.1, -0.05) is 25.7 Å². The topological polar surface area (TPSA) is 41.1 Å². The molecule has 0 spiro atoms. The zero-order valence-electron chi connectivity index (χ0n) is 13.3. The highest BCUT2D eigenvalue weighted by Gasteiger charge is 2.12. The molecule has 0 aliphatic heterocycles. The van der Waals surface area contributed by atoms with Crippen molar-refractivity contribution in [3.05, 3.63) is 29.8 Å². The minimum Gasteiger partial charge on any atom is -0.385 e. The minimum atomic E-state index is 0.000295. The van der Waals surface area contributed by atoms with E-state index in [-0.39, 0.29) is 11.9 Å². The Balaban J connectivity index is 1.83. The summed E-state index contributed by atoms with van der Waals surface area (Å²) < 4.78 is 0. The van der Waals surface area contributed by atoms with Crippen molar-refractivity contribution in [1.29, 1.82) is 0 Å². The van der Waals surface area contributed by atoms with Gasteiger partial charge in [0.1, 0.15) is 0 Å². The first-order valence-electron chi connectivity index (χ1n) is 8.30. The van der Waals surface area contributed by atoms with Crippen LogP contribution in [-0.4, -0.2) is 18.5 Å². The molecule has 1 fully saturated rings. The fourth-order valence-electron chi connectivity index (χ4n) is 2.92. The minimum absolute atomic E-state index is 0.000295. The van der Waals surface area contributed by atoms with Gasteiger partial charge in [0.2, 0.25) is 0 Å². The molecule has 0 bridgehead atoms. The zero-order valence-corrected chi connectivity index (χ0v) is 13.3. The van der Waals surface area contributed by atoms with E-state index in [0.29, 0.717) is 0 Å². The summed E-state index contributed by atoms with van der Waals surface area (Å²) in [6.45, 7) is 5.00. The maximum atomic E-state index is 11.9. The average Bonchev–Trinajstić information content (AvgIpc) is 2.73. The fourth-order valence-corrected chi connectivity index (χ4v) is 2.92. The average molecular weight is 288 g/mol. The van der Waals surface area contributed by atoms with Gasteiger partial charge in [-0.3, -0.25) is 4.79 Å². The number of nitrogens with one attached hydrogen (secondary N) is 2. The molecule has 2 rings (SSSR count). The number of hydrogen-bond donors (Lipinski definition) is 2. The highest BCUT2D eigenvalue weighted by molar-refractivity contribution is 5.94. The van der Waals surface area contributed by atoms with Crippen molar-refractivity contribution in [3.8, 4) is 0 Å². The van der Waals surface area contributed by atoms with Crippen LogP contribution in [0.5, 0.6) is 0 Å². The molecule has 1 aromatic rings. The first kappa shape index (κ1) is 15.9. The third kappa shape index (κ3) is 5.41. The van der Waals surface area contributed by atoms with Crippen LogP contribution in [0.1, 0.15) is 62.7 Å². The molecule has 1 aromatic carbocycles. The fraction of sp³-hybridized carbons (Fsp3) is 0.611. The molecule has 3 nitrogen and oxygen atoms in total. The number of anilines is 1. The van der Waals surface area contributed by atoms with Crippen LogP contribution in [0.3, 0.4) is 0 Å². The summed E-state index contributed by atoms with van der Waals surface area (Å²) >= 11 is 0. The van der Waals surface area contributed by atoms with E-state index in [1.807, 2.05) is 38.1 Å². The van der Waals surface area contributed by atoms with Crippen LogP contribution in [0.15, 0.2) is 24.3 Å². The smallest absolute Gasteiger partial charge is 0.251 e. The van der Waals surface area contributed by atoms with E-state index in [9.17, 15) is 4.79 Å². The summed E-state index contributed by atoms with van der Waals surface area (Å²) in [5.41, 5.74) is 1.84. The quantitative estimate of drug-likeness (QED) is 0.797. The zero-order chi connectivity index (χ0) is 15.1. The molecule has 0 aromatic heterocycles. The summed E-state index contributed by atoms with van der Waals surface area (Å²) in [6, 6.07) is 7.98. The van der Waals surface area contributed by atoms with E-state index in [0.717, 1.165) is 23.7 Å². The van der Waals surface area contributed by atoms with Crippen LogP contribution in [0, 0.1) is 5.92 Å². The largest absolute Gasteiger partial charge is 0.385 e. The van der Waals surface area contributed by atoms with Gasteiger partial charge in [0.05, 0.1) is 0 Å². The van der Waals surface area contributed by atoms with Crippen molar-refractivity contribution >= 4 is 11.6 Å². The lowest BCUT2D eigenvalue weighted by Crippen LogP contribution is -2.29. The second-order valence-corrected chi connectivity index (χ2v) is 6.44. The van der Waals surface area contributed by atoms with Crippen LogP contribution in [0.4, 0.5) is 5.69 Å².